The molecule has 0 bridgehead atoms. The average Bonchev–Trinajstić information content (AvgIpc) is 3.11. The van der Waals surface area contributed by atoms with Crippen LogP contribution in [0.25, 0.3) is 22.3 Å². The van der Waals surface area contributed by atoms with Crippen LogP contribution in [0.3, 0.4) is 0 Å². The van der Waals surface area contributed by atoms with Gasteiger partial charge in [0.15, 0.2) is 5.65 Å². The second-order valence-corrected chi connectivity index (χ2v) is 8.68. The fraction of sp³-hybridized carbons (Fsp3) is 0.500. The summed E-state index contributed by atoms with van der Waals surface area (Å²) in [6.07, 6.45) is 0. The van der Waals surface area contributed by atoms with Crippen molar-refractivity contribution in [1.29, 1.82) is 0 Å². The number of hydrogen-bond acceptors (Lipinski definition) is 6. The van der Waals surface area contributed by atoms with E-state index in [9.17, 15) is 0 Å². The summed E-state index contributed by atoms with van der Waals surface area (Å²) in [7, 11) is 2.10. The Morgan fingerprint density at radius 2 is 1.97 bits per heavy atom. The quantitative estimate of drug-likeness (QED) is 0.630. The molecule has 7 heteroatoms. The number of hydrogen-bond donors (Lipinski definition) is 1. The first-order chi connectivity index (χ1) is 15.0. The van der Waals surface area contributed by atoms with Crippen molar-refractivity contribution in [3.63, 3.8) is 0 Å². The van der Waals surface area contributed by atoms with Gasteiger partial charge in [-0.1, -0.05) is 18.2 Å². The molecule has 7 nitrogen and oxygen atoms in total. The lowest BCUT2D eigenvalue weighted by Crippen LogP contribution is -2.36. The Morgan fingerprint density at radius 1 is 1.19 bits per heavy atom. The summed E-state index contributed by atoms with van der Waals surface area (Å²) in [6.45, 7) is 12.1. The van der Waals surface area contributed by atoms with E-state index in [1.807, 2.05) is 0 Å². The van der Waals surface area contributed by atoms with Crippen molar-refractivity contribution in [1.82, 2.24) is 19.7 Å². The maximum Gasteiger partial charge on any atom is 0.161 e. The monoisotopic (exact) mass is 422 g/mol. The third-order valence-electron chi connectivity index (χ3n) is 5.84. The molecule has 0 amide bonds. The number of benzene rings is 1. The number of pyridine rings is 1. The minimum absolute atomic E-state index is 0.243. The summed E-state index contributed by atoms with van der Waals surface area (Å²) in [4.78, 5) is 9.76. The van der Waals surface area contributed by atoms with E-state index >= 15 is 0 Å². The highest BCUT2D eigenvalue weighted by Gasteiger charge is 2.22. The second-order valence-electron chi connectivity index (χ2n) is 8.68. The molecule has 166 valence electrons. The van der Waals surface area contributed by atoms with Crippen molar-refractivity contribution < 1.29 is 4.74 Å². The van der Waals surface area contributed by atoms with Crippen molar-refractivity contribution in [2.45, 2.75) is 33.4 Å². The molecule has 1 aromatic carbocycles. The van der Waals surface area contributed by atoms with E-state index in [0.717, 1.165) is 67.4 Å². The predicted octanol–water partition coefficient (Wildman–Crippen LogP) is 3.21. The van der Waals surface area contributed by atoms with Gasteiger partial charge in [0, 0.05) is 44.3 Å². The van der Waals surface area contributed by atoms with Crippen LogP contribution in [-0.2, 0) is 11.3 Å². The molecule has 0 aliphatic carbocycles. The number of nitrogens with two attached hydrogens (primary N) is 1. The Kier molecular flexibility index (Phi) is 6.55. The molecule has 31 heavy (non-hydrogen) atoms. The molecule has 2 N–H and O–H groups in total. The van der Waals surface area contributed by atoms with E-state index in [2.05, 4.69) is 72.6 Å². The Hall–Kier alpha value is -2.48. The number of aromatic nitrogens is 3. The normalized spacial score (nSPS) is 14.9. The van der Waals surface area contributed by atoms with E-state index in [1.54, 1.807) is 0 Å². The summed E-state index contributed by atoms with van der Waals surface area (Å²) < 4.78 is 7.66. The van der Waals surface area contributed by atoms with Crippen LogP contribution >= 0.6 is 0 Å². The van der Waals surface area contributed by atoms with Crippen LogP contribution < -0.4 is 10.6 Å². The van der Waals surface area contributed by atoms with Gasteiger partial charge in [-0.05, 0) is 45.5 Å². The van der Waals surface area contributed by atoms with Gasteiger partial charge in [0.2, 0.25) is 0 Å². The number of rotatable bonds is 7. The maximum atomic E-state index is 5.71. The molecule has 2 aromatic heterocycles. The highest BCUT2D eigenvalue weighted by atomic mass is 16.5. The molecular formula is C24H34N6O. The molecule has 3 aromatic rings. The van der Waals surface area contributed by atoms with Crippen LogP contribution in [0.15, 0.2) is 30.3 Å². The smallest absolute Gasteiger partial charge is 0.161 e. The molecule has 0 unspecified atom stereocenters. The van der Waals surface area contributed by atoms with Crippen LogP contribution in [-0.4, -0.2) is 66.1 Å². The van der Waals surface area contributed by atoms with Gasteiger partial charge in [0.25, 0.3) is 0 Å². The third-order valence-corrected chi connectivity index (χ3v) is 5.84. The largest absolute Gasteiger partial charge is 0.378 e. The summed E-state index contributed by atoms with van der Waals surface area (Å²) in [5.41, 5.74) is 12.3. The molecule has 4 rings (SSSR count). The number of aryl methyl sites for hydroxylation is 1. The summed E-state index contributed by atoms with van der Waals surface area (Å²) in [5, 5.41) is 5.99. The Balaban J connectivity index is 1.82. The van der Waals surface area contributed by atoms with E-state index in [4.69, 9.17) is 20.6 Å². The first-order valence-corrected chi connectivity index (χ1v) is 11.2. The number of ether oxygens (including phenoxy) is 1. The van der Waals surface area contributed by atoms with Crippen molar-refractivity contribution in [2.75, 3.05) is 51.3 Å². The zero-order valence-corrected chi connectivity index (χ0v) is 19.1. The van der Waals surface area contributed by atoms with Crippen LogP contribution in [0, 0.1) is 6.92 Å². The summed E-state index contributed by atoms with van der Waals surface area (Å²) in [6, 6.07) is 11.1. The zero-order chi connectivity index (χ0) is 22.0. The lowest BCUT2D eigenvalue weighted by atomic mass is 10.0. The number of likely N-dealkylation sites (N-methyl/N-ethyl adjacent to an activating group) is 1. The lowest BCUT2D eigenvalue weighted by Gasteiger charge is -2.30. The first kappa shape index (κ1) is 21.7. The van der Waals surface area contributed by atoms with E-state index in [0.29, 0.717) is 6.54 Å². The average molecular weight is 423 g/mol. The Labute approximate surface area is 184 Å². The van der Waals surface area contributed by atoms with Gasteiger partial charge in [-0.15, -0.1) is 0 Å². The van der Waals surface area contributed by atoms with Gasteiger partial charge < -0.3 is 20.3 Å². The van der Waals surface area contributed by atoms with Crippen LogP contribution in [0.2, 0.25) is 0 Å². The molecule has 0 atom stereocenters. The van der Waals surface area contributed by atoms with E-state index < -0.39 is 0 Å². The van der Waals surface area contributed by atoms with E-state index in [1.165, 1.54) is 11.3 Å². The predicted molar refractivity (Wildman–Crippen MR) is 127 cm³/mol. The van der Waals surface area contributed by atoms with Crippen LogP contribution in [0.5, 0.6) is 0 Å². The number of fused-ring (bicyclic) bond motifs is 1. The Morgan fingerprint density at radius 3 is 2.68 bits per heavy atom. The molecule has 0 radical (unpaired) electrons. The SMILES string of the molecule is Cc1nn(C(C)C)c2nc(-c3cccc(CN(C)CCN)c3)cc(N3CCOCC3)c12. The fourth-order valence-electron chi connectivity index (χ4n) is 4.29. The highest BCUT2D eigenvalue weighted by Crippen LogP contribution is 2.34. The lowest BCUT2D eigenvalue weighted by molar-refractivity contribution is 0.123. The highest BCUT2D eigenvalue weighted by molar-refractivity contribution is 5.94. The molecule has 0 spiro atoms. The van der Waals surface area contributed by atoms with Crippen molar-refractivity contribution in [3.8, 4) is 11.3 Å². The molecule has 1 saturated heterocycles. The third kappa shape index (κ3) is 4.59. The van der Waals surface area contributed by atoms with Crippen molar-refractivity contribution in [3.05, 3.63) is 41.6 Å². The van der Waals surface area contributed by atoms with Gasteiger partial charge in [-0.25, -0.2) is 9.67 Å². The topological polar surface area (TPSA) is 72.4 Å². The molecule has 3 heterocycles. The van der Waals surface area contributed by atoms with Crippen molar-refractivity contribution in [2.24, 2.45) is 5.73 Å². The fourth-order valence-corrected chi connectivity index (χ4v) is 4.29. The van der Waals surface area contributed by atoms with Gasteiger partial charge in [0.1, 0.15) is 0 Å². The Bertz CT molecular complexity index is 1040. The van der Waals surface area contributed by atoms with Gasteiger partial charge in [-0.3, -0.25) is 0 Å². The molecule has 1 aliphatic rings. The van der Waals surface area contributed by atoms with Gasteiger partial charge >= 0.3 is 0 Å². The molecule has 1 fully saturated rings. The maximum absolute atomic E-state index is 5.71. The van der Waals surface area contributed by atoms with Crippen molar-refractivity contribution >= 4 is 16.7 Å². The van der Waals surface area contributed by atoms with Gasteiger partial charge in [0.05, 0.1) is 35.7 Å². The zero-order valence-electron chi connectivity index (χ0n) is 19.1. The number of morpholine rings is 1. The minimum Gasteiger partial charge on any atom is -0.378 e. The van der Waals surface area contributed by atoms with Crippen LogP contribution in [0.4, 0.5) is 5.69 Å². The molecule has 0 saturated carbocycles. The van der Waals surface area contributed by atoms with Crippen LogP contribution in [0.1, 0.15) is 31.1 Å². The number of anilines is 1. The molecule has 1 aliphatic heterocycles. The van der Waals surface area contributed by atoms with Gasteiger partial charge in [-0.2, -0.15) is 5.10 Å². The first-order valence-electron chi connectivity index (χ1n) is 11.2. The second kappa shape index (κ2) is 9.34. The molecular weight excluding hydrogens is 388 g/mol. The number of nitrogens with zero attached hydrogens (tertiary/aromatic N) is 5. The minimum atomic E-state index is 0.243. The summed E-state index contributed by atoms with van der Waals surface area (Å²) >= 11 is 0. The summed E-state index contributed by atoms with van der Waals surface area (Å²) in [5.74, 6) is 0. The van der Waals surface area contributed by atoms with E-state index in [-0.39, 0.29) is 6.04 Å². The standard InChI is InChI=1S/C24H34N6O/c1-17(2)30-24-23(18(3)27-30)22(29-10-12-31-13-11-29)15-21(26-24)20-7-5-6-19(14-20)16-28(4)9-8-25/h5-7,14-15,17H,8-13,16,25H2,1-4H3.